The van der Waals surface area contributed by atoms with Crippen molar-refractivity contribution in [2.75, 3.05) is 26.2 Å². The van der Waals surface area contributed by atoms with Crippen LogP contribution >= 0.6 is 11.6 Å². The van der Waals surface area contributed by atoms with Crippen molar-refractivity contribution in [2.24, 2.45) is 5.41 Å². The fourth-order valence-corrected chi connectivity index (χ4v) is 7.99. The van der Waals surface area contributed by atoms with E-state index < -0.39 is 47.0 Å². The quantitative estimate of drug-likeness (QED) is 0.335. The number of nitrogens with one attached hydrogen (secondary N) is 2. The summed E-state index contributed by atoms with van der Waals surface area (Å²) < 4.78 is 40.5. The average molecular weight is 723 g/mol. The molecule has 6 rings (SSSR count). The van der Waals surface area contributed by atoms with Gasteiger partial charge >= 0.3 is 6.18 Å². The second-order valence-electron chi connectivity index (χ2n) is 14.1. The molecule has 2 atom stereocenters. The first-order valence-electron chi connectivity index (χ1n) is 17.5. The standard InChI is InChI=1S/C39H42ClF3N4O4/c40-30-12-7-9-27(21-30)22-32-37(51)46(18-14-26-8-6-11-29(20-26)39(41,42)43)24-33(48)44-25-38(16-4-1-5-17-38)23-34(49)47-19-15-28-10-2-3-13-31(28)35(47)36(50)45-32/h2-3,6-13,20-21,32,35H,1,4-5,14-19,22-25H2,(H,44,48)(H,45,50)/t32-,35+/m0/s1. The summed E-state index contributed by atoms with van der Waals surface area (Å²) in [6, 6.07) is 17.1. The van der Waals surface area contributed by atoms with E-state index in [9.17, 15) is 32.3 Å². The molecule has 0 radical (unpaired) electrons. The van der Waals surface area contributed by atoms with Gasteiger partial charge in [0.2, 0.25) is 23.6 Å². The van der Waals surface area contributed by atoms with Crippen molar-refractivity contribution in [3.8, 4) is 0 Å². The number of carbonyl (C=O) groups excluding carboxylic acids is 4. The van der Waals surface area contributed by atoms with Crippen molar-refractivity contribution in [1.29, 1.82) is 0 Å². The molecule has 1 spiro atoms. The van der Waals surface area contributed by atoms with Crippen molar-refractivity contribution in [3.63, 3.8) is 0 Å². The number of rotatable bonds is 5. The predicted molar refractivity (Wildman–Crippen MR) is 187 cm³/mol. The predicted octanol–water partition coefficient (Wildman–Crippen LogP) is 6.05. The normalized spacial score (nSPS) is 21.7. The summed E-state index contributed by atoms with van der Waals surface area (Å²) in [7, 11) is 0. The molecule has 51 heavy (non-hydrogen) atoms. The van der Waals surface area contributed by atoms with Crippen LogP contribution in [0.3, 0.4) is 0 Å². The topological polar surface area (TPSA) is 98.8 Å². The molecule has 12 heteroatoms. The molecule has 3 aromatic carbocycles. The maximum absolute atomic E-state index is 14.5. The minimum absolute atomic E-state index is 0.0260. The van der Waals surface area contributed by atoms with Crippen LogP contribution in [0.2, 0.25) is 5.02 Å². The fraction of sp³-hybridized carbons (Fsp3) is 0.436. The maximum atomic E-state index is 14.5. The van der Waals surface area contributed by atoms with Crippen molar-refractivity contribution in [2.45, 2.75) is 76.0 Å². The first-order chi connectivity index (χ1) is 24.4. The van der Waals surface area contributed by atoms with E-state index in [1.807, 2.05) is 24.3 Å². The Balaban J connectivity index is 1.38. The SMILES string of the molecule is O=C1CN(CCc2cccc(C(F)(F)F)c2)C(=O)[C@H](Cc2cccc(Cl)c2)NC(=O)[C@H]2c3ccccc3CCN2C(=O)CC2(CCCCC2)CN1. The number of hydrogen-bond donors (Lipinski definition) is 2. The molecule has 1 saturated heterocycles. The van der Waals surface area contributed by atoms with Gasteiger partial charge in [-0.05, 0) is 71.6 Å². The number of fused-ring (bicyclic) bond motifs is 3. The molecule has 0 bridgehead atoms. The third kappa shape index (κ3) is 8.75. The van der Waals surface area contributed by atoms with Crippen LogP contribution in [0.25, 0.3) is 0 Å². The molecule has 1 saturated carbocycles. The Morgan fingerprint density at radius 2 is 1.63 bits per heavy atom. The Kier molecular flexibility index (Phi) is 11.0. The second-order valence-corrected chi connectivity index (χ2v) is 14.5. The highest BCUT2D eigenvalue weighted by Gasteiger charge is 2.42. The highest BCUT2D eigenvalue weighted by Crippen LogP contribution is 2.41. The Hall–Kier alpha value is -4.38. The van der Waals surface area contributed by atoms with Crippen LogP contribution in [-0.4, -0.2) is 65.6 Å². The largest absolute Gasteiger partial charge is 0.416 e. The molecular formula is C39H42ClF3N4O4. The van der Waals surface area contributed by atoms with Gasteiger partial charge in [0.05, 0.1) is 12.1 Å². The number of benzene rings is 3. The molecule has 1 aliphatic carbocycles. The smallest absolute Gasteiger partial charge is 0.354 e. The van der Waals surface area contributed by atoms with Crippen molar-refractivity contribution in [3.05, 3.63) is 106 Å². The van der Waals surface area contributed by atoms with E-state index in [0.29, 0.717) is 34.7 Å². The molecule has 8 nitrogen and oxygen atoms in total. The van der Waals surface area contributed by atoms with Gasteiger partial charge in [-0.3, -0.25) is 19.2 Å². The van der Waals surface area contributed by atoms with Gasteiger partial charge < -0.3 is 20.4 Å². The summed E-state index contributed by atoms with van der Waals surface area (Å²) in [5.41, 5.74) is 1.34. The van der Waals surface area contributed by atoms with E-state index in [4.69, 9.17) is 11.6 Å². The molecular weight excluding hydrogens is 681 g/mol. The zero-order chi connectivity index (χ0) is 36.2. The van der Waals surface area contributed by atoms with Gasteiger partial charge in [0, 0.05) is 37.5 Å². The Morgan fingerprint density at radius 3 is 2.39 bits per heavy atom. The van der Waals surface area contributed by atoms with E-state index in [1.165, 1.54) is 11.0 Å². The van der Waals surface area contributed by atoms with E-state index >= 15 is 0 Å². The molecule has 2 aliphatic heterocycles. The van der Waals surface area contributed by atoms with Crippen LogP contribution in [0.1, 0.15) is 72.4 Å². The van der Waals surface area contributed by atoms with E-state index in [2.05, 4.69) is 10.6 Å². The third-order valence-electron chi connectivity index (χ3n) is 10.5. The van der Waals surface area contributed by atoms with Crippen LogP contribution in [0.4, 0.5) is 13.2 Å². The second kappa shape index (κ2) is 15.5. The molecule has 3 aromatic rings. The van der Waals surface area contributed by atoms with Crippen LogP contribution in [0, 0.1) is 5.41 Å². The first-order valence-corrected chi connectivity index (χ1v) is 17.9. The van der Waals surface area contributed by atoms with E-state index in [1.54, 1.807) is 35.2 Å². The summed E-state index contributed by atoms with van der Waals surface area (Å²) in [5.74, 6) is -1.71. The monoisotopic (exact) mass is 722 g/mol. The molecule has 0 unspecified atom stereocenters. The fourth-order valence-electron chi connectivity index (χ4n) is 7.78. The molecule has 2 fully saturated rings. The van der Waals surface area contributed by atoms with Gasteiger partial charge in [0.1, 0.15) is 12.1 Å². The summed E-state index contributed by atoms with van der Waals surface area (Å²) in [6.45, 7) is 0.118. The maximum Gasteiger partial charge on any atom is 0.416 e. The van der Waals surface area contributed by atoms with Crippen LogP contribution < -0.4 is 10.6 Å². The van der Waals surface area contributed by atoms with Crippen LogP contribution in [0.5, 0.6) is 0 Å². The van der Waals surface area contributed by atoms with Gasteiger partial charge in [-0.15, -0.1) is 0 Å². The van der Waals surface area contributed by atoms with Gasteiger partial charge in [-0.25, -0.2) is 0 Å². The number of carbonyl (C=O) groups is 4. The summed E-state index contributed by atoms with van der Waals surface area (Å²) in [5, 5.41) is 6.38. The third-order valence-corrected chi connectivity index (χ3v) is 10.7. The number of nitrogens with zero attached hydrogens (tertiary/aromatic N) is 2. The lowest BCUT2D eigenvalue weighted by Crippen LogP contribution is -2.57. The van der Waals surface area contributed by atoms with Crippen molar-refractivity contribution >= 4 is 35.2 Å². The number of amides is 4. The molecule has 2 N–H and O–H groups in total. The average Bonchev–Trinajstić information content (AvgIpc) is 3.11. The number of alkyl halides is 3. The van der Waals surface area contributed by atoms with Gasteiger partial charge in [-0.1, -0.05) is 85.5 Å². The van der Waals surface area contributed by atoms with Crippen molar-refractivity contribution < 1.29 is 32.3 Å². The summed E-state index contributed by atoms with van der Waals surface area (Å²) >= 11 is 6.28. The lowest BCUT2D eigenvalue weighted by molar-refractivity contribution is -0.146. The molecule has 270 valence electrons. The lowest BCUT2D eigenvalue weighted by atomic mass is 9.71. The minimum atomic E-state index is -4.54. The highest BCUT2D eigenvalue weighted by molar-refractivity contribution is 6.30. The number of hydrogen-bond acceptors (Lipinski definition) is 4. The molecule has 4 amide bonds. The number of halogens is 4. The first kappa shape index (κ1) is 36.4. The van der Waals surface area contributed by atoms with Gasteiger partial charge in [0.25, 0.3) is 0 Å². The van der Waals surface area contributed by atoms with Gasteiger partial charge in [-0.2, -0.15) is 13.2 Å². The van der Waals surface area contributed by atoms with Crippen LogP contribution in [0.15, 0.2) is 72.8 Å². The highest BCUT2D eigenvalue weighted by atomic mass is 35.5. The molecule has 0 aromatic heterocycles. The molecule has 3 aliphatic rings. The van der Waals surface area contributed by atoms with E-state index in [-0.39, 0.29) is 44.8 Å². The zero-order valence-electron chi connectivity index (χ0n) is 28.3. The Labute approximate surface area is 300 Å². The summed E-state index contributed by atoms with van der Waals surface area (Å²) in [4.78, 5) is 59.8. The minimum Gasteiger partial charge on any atom is -0.354 e. The Morgan fingerprint density at radius 1 is 0.882 bits per heavy atom. The van der Waals surface area contributed by atoms with E-state index in [0.717, 1.165) is 49.8 Å². The Bertz CT molecular complexity index is 1780. The zero-order valence-corrected chi connectivity index (χ0v) is 29.1. The lowest BCUT2D eigenvalue weighted by Gasteiger charge is -2.42. The molecule has 2 heterocycles. The van der Waals surface area contributed by atoms with Gasteiger partial charge in [0.15, 0.2) is 0 Å². The van der Waals surface area contributed by atoms with Crippen molar-refractivity contribution in [1.82, 2.24) is 20.4 Å². The summed E-state index contributed by atoms with van der Waals surface area (Å²) in [6.07, 6.45) is 0.586. The van der Waals surface area contributed by atoms with Crippen LogP contribution in [-0.2, 0) is 44.6 Å².